The van der Waals surface area contributed by atoms with Crippen LogP contribution < -0.4 is 0 Å². The van der Waals surface area contributed by atoms with Crippen molar-refractivity contribution in [1.29, 1.82) is 0 Å². The molecule has 0 heterocycles. The minimum Gasteiger partial charge on any atom is -0.286 e. The first-order valence-corrected chi connectivity index (χ1v) is 9.53. The molecule has 0 N–H and O–H groups in total. The van der Waals surface area contributed by atoms with Gasteiger partial charge in [0, 0.05) is 11.2 Å². The average Bonchev–Trinajstić information content (AvgIpc) is 2.48. The van der Waals surface area contributed by atoms with Crippen LogP contribution in [0.1, 0.15) is 36.6 Å². The smallest absolute Gasteiger partial charge is 0.155 e. The summed E-state index contributed by atoms with van der Waals surface area (Å²) in [5.41, 5.74) is 1.85. The quantitative estimate of drug-likeness (QED) is 0.796. The van der Waals surface area contributed by atoms with Gasteiger partial charge in [0.1, 0.15) is 5.25 Å². The first kappa shape index (κ1) is 16.1. The van der Waals surface area contributed by atoms with Crippen LogP contribution in [0.3, 0.4) is 0 Å². The largest absolute Gasteiger partial charge is 0.286 e. The van der Waals surface area contributed by atoms with E-state index in [1.807, 2.05) is 74.5 Å². The van der Waals surface area contributed by atoms with E-state index in [0.717, 1.165) is 17.5 Å². The highest BCUT2D eigenvalue weighted by molar-refractivity contribution is 8.30. The fourth-order valence-electron chi connectivity index (χ4n) is 2.13. The van der Waals surface area contributed by atoms with Crippen LogP contribution in [0.2, 0.25) is 0 Å². The van der Waals surface area contributed by atoms with Crippen molar-refractivity contribution in [3.63, 3.8) is 0 Å². The molecule has 0 aromatic heterocycles. The molecule has 0 fully saturated rings. The monoisotopic (exact) mass is 320 g/mol. The third-order valence-corrected chi connectivity index (χ3v) is 5.90. The van der Waals surface area contributed by atoms with Gasteiger partial charge in [-0.05, 0) is 24.5 Å². The summed E-state index contributed by atoms with van der Waals surface area (Å²) in [6.45, 7) is 3.90. The van der Waals surface area contributed by atoms with Gasteiger partial charge in [-0.15, -0.1) is 0 Å². The predicted octanol–water partition coefficient (Wildman–Crippen LogP) is 4.25. The second kappa shape index (κ2) is 7.16. The molecule has 0 aliphatic heterocycles. The molecule has 0 saturated carbocycles. The Bertz CT molecular complexity index is 612. The summed E-state index contributed by atoms with van der Waals surface area (Å²) in [5.74, 6) is 0. The van der Waals surface area contributed by atoms with Crippen molar-refractivity contribution in [2.75, 3.05) is 0 Å². The molecular formula is C17H20O2S2. The molecule has 112 valence electrons. The Morgan fingerprint density at radius 2 is 1.43 bits per heavy atom. The van der Waals surface area contributed by atoms with Gasteiger partial charge in [0.25, 0.3) is 0 Å². The third-order valence-electron chi connectivity index (χ3n) is 3.37. The summed E-state index contributed by atoms with van der Waals surface area (Å²) in [7, 11) is -2.91. The summed E-state index contributed by atoms with van der Waals surface area (Å²) in [6, 6.07) is 19.4. The fraction of sp³-hybridized carbons (Fsp3) is 0.294. The molecular weight excluding hydrogens is 300 g/mol. The van der Waals surface area contributed by atoms with Gasteiger partial charge in [0.2, 0.25) is 0 Å². The Morgan fingerprint density at radius 3 is 1.81 bits per heavy atom. The third kappa shape index (κ3) is 4.13. The molecule has 0 saturated heterocycles. The van der Waals surface area contributed by atoms with Crippen molar-refractivity contribution in [2.45, 2.75) is 31.6 Å². The topological polar surface area (TPSA) is 26.3 Å². The Balaban J connectivity index is 2.47. The molecule has 0 aliphatic carbocycles. The van der Waals surface area contributed by atoms with Crippen LogP contribution in [0.4, 0.5) is 0 Å². The van der Waals surface area contributed by atoms with Crippen molar-refractivity contribution in [3.8, 4) is 0 Å². The lowest BCUT2D eigenvalue weighted by Gasteiger charge is -2.23. The number of hydrogen-bond donors (Lipinski definition) is 0. The van der Waals surface area contributed by atoms with E-state index in [9.17, 15) is 4.21 Å². The van der Waals surface area contributed by atoms with Gasteiger partial charge in [-0.3, -0.25) is 4.18 Å². The van der Waals surface area contributed by atoms with E-state index in [1.165, 1.54) is 0 Å². The molecule has 0 bridgehead atoms. The first-order valence-electron chi connectivity index (χ1n) is 7.06. The molecule has 2 aromatic carbocycles. The Kier molecular flexibility index (Phi) is 5.51. The number of hydrogen-bond acceptors (Lipinski definition) is 3. The zero-order chi connectivity index (χ0) is 15.3. The zero-order valence-electron chi connectivity index (χ0n) is 12.3. The maximum atomic E-state index is 13.0. The van der Waals surface area contributed by atoms with Gasteiger partial charge in [-0.2, -0.15) is 0 Å². The van der Waals surface area contributed by atoms with Crippen molar-refractivity contribution >= 4 is 20.0 Å². The molecule has 2 nitrogen and oxygen atoms in total. The molecule has 0 amide bonds. The second-order valence-corrected chi connectivity index (χ2v) is 8.05. The lowest BCUT2D eigenvalue weighted by Crippen LogP contribution is -2.21. The number of rotatable bonds is 6. The maximum absolute atomic E-state index is 13.0. The van der Waals surface area contributed by atoms with E-state index in [0.29, 0.717) is 0 Å². The van der Waals surface area contributed by atoms with Crippen LogP contribution in [0.15, 0.2) is 60.7 Å². The van der Waals surface area contributed by atoms with Crippen molar-refractivity contribution in [3.05, 3.63) is 71.8 Å². The van der Waals surface area contributed by atoms with E-state index < -0.39 is 14.0 Å². The highest BCUT2D eigenvalue weighted by Crippen LogP contribution is 2.32. The zero-order valence-corrected chi connectivity index (χ0v) is 13.9. The molecule has 0 aliphatic rings. The molecule has 2 atom stereocenters. The molecule has 21 heavy (non-hydrogen) atoms. The molecule has 2 aromatic rings. The lowest BCUT2D eigenvalue weighted by atomic mass is 10.0. The van der Waals surface area contributed by atoms with Gasteiger partial charge in [0.05, 0.1) is 6.10 Å². The van der Waals surface area contributed by atoms with Crippen LogP contribution in [0, 0.1) is 0 Å². The molecule has 2 unspecified atom stereocenters. The van der Waals surface area contributed by atoms with E-state index in [-0.39, 0.29) is 6.10 Å². The lowest BCUT2D eigenvalue weighted by molar-refractivity contribution is 0.239. The summed E-state index contributed by atoms with van der Waals surface area (Å²) < 4.78 is 18.7. The van der Waals surface area contributed by atoms with Gasteiger partial charge >= 0.3 is 0 Å². The van der Waals surface area contributed by atoms with Gasteiger partial charge in [0.15, 0.2) is 8.77 Å². The van der Waals surface area contributed by atoms with Crippen LogP contribution in [0.5, 0.6) is 0 Å². The van der Waals surface area contributed by atoms with Crippen LogP contribution in [-0.4, -0.2) is 10.3 Å². The fourth-order valence-corrected chi connectivity index (χ4v) is 4.89. The van der Waals surface area contributed by atoms with Gasteiger partial charge in [-0.25, -0.2) is 4.21 Å². The molecule has 2 rings (SSSR count). The summed E-state index contributed by atoms with van der Waals surface area (Å²) in [6.07, 6.45) is 0.661. The molecule has 0 spiro atoms. The summed E-state index contributed by atoms with van der Waals surface area (Å²) in [4.78, 5) is 0. The van der Waals surface area contributed by atoms with Crippen LogP contribution in [0.25, 0.3) is 0 Å². The Hall–Kier alpha value is -1.23. The van der Waals surface area contributed by atoms with Crippen molar-refractivity contribution < 1.29 is 8.39 Å². The minimum absolute atomic E-state index is 0.120. The highest BCUT2D eigenvalue weighted by atomic mass is 32.8. The van der Waals surface area contributed by atoms with E-state index in [1.54, 1.807) is 0 Å². The van der Waals surface area contributed by atoms with E-state index in [4.69, 9.17) is 15.4 Å². The summed E-state index contributed by atoms with van der Waals surface area (Å²) >= 11 is 5.38. The van der Waals surface area contributed by atoms with Crippen molar-refractivity contribution in [2.24, 2.45) is 0 Å². The Labute approximate surface area is 132 Å². The number of benzene rings is 2. The standard InChI is InChI=1S/C17H20O2S2/c1-3-14(2)19-21(18,20)17(15-10-6-4-7-11-15)16-12-8-5-9-13-16/h4-14,17H,3H2,1-2H3. The van der Waals surface area contributed by atoms with Crippen molar-refractivity contribution in [1.82, 2.24) is 0 Å². The highest BCUT2D eigenvalue weighted by Gasteiger charge is 2.27. The first-order chi connectivity index (χ1) is 10.0. The van der Waals surface area contributed by atoms with E-state index >= 15 is 0 Å². The second-order valence-electron chi connectivity index (χ2n) is 5.01. The van der Waals surface area contributed by atoms with E-state index in [2.05, 4.69) is 0 Å². The maximum Gasteiger partial charge on any atom is 0.155 e. The van der Waals surface area contributed by atoms with Crippen LogP contribution in [-0.2, 0) is 24.1 Å². The summed E-state index contributed by atoms with van der Waals surface area (Å²) in [5, 5.41) is -0.427. The van der Waals surface area contributed by atoms with Crippen LogP contribution >= 0.6 is 0 Å². The van der Waals surface area contributed by atoms with Gasteiger partial charge < -0.3 is 0 Å². The Morgan fingerprint density at radius 1 is 1.00 bits per heavy atom. The van der Waals surface area contributed by atoms with Gasteiger partial charge in [-0.1, -0.05) is 67.6 Å². The molecule has 0 radical (unpaired) electrons. The predicted molar refractivity (Wildman–Crippen MR) is 91.1 cm³/mol. The molecule has 4 heteroatoms. The minimum atomic E-state index is -2.91. The average molecular weight is 320 g/mol. The normalized spacial score (nSPS) is 15.6. The SMILES string of the molecule is CCC(C)OS(=O)(=S)C(c1ccccc1)c1ccccc1.